The van der Waals surface area contributed by atoms with E-state index in [9.17, 15) is 9.59 Å². The molecule has 0 saturated carbocycles. The van der Waals surface area contributed by atoms with Crippen LogP contribution in [0.2, 0.25) is 0 Å². The lowest BCUT2D eigenvalue weighted by Gasteiger charge is -2.36. The third-order valence-electron chi connectivity index (χ3n) is 4.34. The highest BCUT2D eigenvalue weighted by Gasteiger charge is 2.27. The van der Waals surface area contributed by atoms with E-state index in [4.69, 9.17) is 5.11 Å². The second kappa shape index (κ2) is 8.45. The van der Waals surface area contributed by atoms with Crippen molar-refractivity contribution in [1.82, 2.24) is 4.90 Å². The van der Waals surface area contributed by atoms with Crippen molar-refractivity contribution in [3.63, 3.8) is 0 Å². The average molecular weight is 383 g/mol. The number of benzene rings is 1. The molecule has 1 heterocycles. The molecule has 1 aliphatic heterocycles. The Hall–Kier alpha value is -1.40. The number of piperidine rings is 1. The molecular formula is C17H23BrN2O3. The van der Waals surface area contributed by atoms with Crippen molar-refractivity contribution in [3.05, 3.63) is 28.7 Å². The first kappa shape index (κ1) is 17.9. The van der Waals surface area contributed by atoms with Gasteiger partial charge in [-0.2, -0.15) is 0 Å². The summed E-state index contributed by atoms with van der Waals surface area (Å²) in [6.45, 7) is 3.59. The first-order valence-corrected chi connectivity index (χ1v) is 8.77. The van der Waals surface area contributed by atoms with Crippen LogP contribution in [0, 0.1) is 5.92 Å². The van der Waals surface area contributed by atoms with E-state index in [0.29, 0.717) is 12.3 Å². The van der Waals surface area contributed by atoms with Crippen molar-refractivity contribution in [3.8, 4) is 0 Å². The van der Waals surface area contributed by atoms with Gasteiger partial charge in [0, 0.05) is 23.1 Å². The first-order valence-electron chi connectivity index (χ1n) is 7.98. The molecule has 126 valence electrons. The molecule has 0 radical (unpaired) electrons. The lowest BCUT2D eigenvalue weighted by atomic mass is 9.92. The molecule has 5 nitrogen and oxygen atoms in total. The second-order valence-electron chi connectivity index (χ2n) is 6.11. The third kappa shape index (κ3) is 5.62. The molecule has 2 rings (SSSR count). The highest BCUT2D eigenvalue weighted by atomic mass is 79.9. The topological polar surface area (TPSA) is 69.6 Å². The summed E-state index contributed by atoms with van der Waals surface area (Å²) in [5.41, 5.74) is 0.774. The fraction of sp³-hybridized carbons (Fsp3) is 0.529. The number of nitrogens with one attached hydrogen (secondary N) is 1. The molecule has 23 heavy (non-hydrogen) atoms. The molecule has 0 bridgehead atoms. The number of amides is 1. The zero-order valence-corrected chi connectivity index (χ0v) is 14.9. The number of carbonyl (C=O) groups excluding carboxylic acids is 1. The Labute approximate surface area is 145 Å². The van der Waals surface area contributed by atoms with Crippen LogP contribution in [0.25, 0.3) is 0 Å². The molecule has 1 aliphatic rings. The molecule has 1 fully saturated rings. The summed E-state index contributed by atoms with van der Waals surface area (Å²) >= 11 is 3.39. The lowest BCUT2D eigenvalue weighted by molar-refractivity contribution is -0.137. The number of rotatable bonds is 6. The molecule has 2 unspecified atom stereocenters. The normalized spacial score (nSPS) is 20.0. The standard InChI is InChI=1S/C17H23BrN2O3/c1-12(17(23)19-15-6-2-5-14(18)10-15)20-9-3-4-13(11-20)7-8-16(21)22/h2,5-6,10,12-13H,3-4,7-9,11H2,1H3,(H,19,23)(H,21,22). The number of halogens is 1. The molecule has 1 amide bonds. The van der Waals surface area contributed by atoms with E-state index in [2.05, 4.69) is 26.1 Å². The Morgan fingerprint density at radius 1 is 1.48 bits per heavy atom. The minimum atomic E-state index is -0.748. The maximum Gasteiger partial charge on any atom is 0.303 e. The number of carboxylic acid groups (broad SMARTS) is 1. The second-order valence-corrected chi connectivity index (χ2v) is 7.03. The summed E-state index contributed by atoms with van der Waals surface area (Å²) in [4.78, 5) is 25.3. The number of hydrogen-bond acceptors (Lipinski definition) is 3. The Kier molecular flexibility index (Phi) is 6.59. The monoisotopic (exact) mass is 382 g/mol. The van der Waals surface area contributed by atoms with Gasteiger partial charge in [0.2, 0.25) is 5.91 Å². The van der Waals surface area contributed by atoms with E-state index >= 15 is 0 Å². The van der Waals surface area contributed by atoms with Gasteiger partial charge in [0.1, 0.15) is 0 Å². The Balaban J connectivity index is 1.89. The molecule has 0 spiro atoms. The largest absolute Gasteiger partial charge is 0.481 e. The van der Waals surface area contributed by atoms with Gasteiger partial charge < -0.3 is 10.4 Å². The molecule has 1 saturated heterocycles. The van der Waals surface area contributed by atoms with Crippen LogP contribution in [-0.2, 0) is 9.59 Å². The van der Waals surface area contributed by atoms with E-state index in [1.807, 2.05) is 31.2 Å². The zero-order chi connectivity index (χ0) is 16.8. The summed E-state index contributed by atoms with van der Waals surface area (Å²) in [6, 6.07) is 7.31. The summed E-state index contributed by atoms with van der Waals surface area (Å²) in [6.07, 6.45) is 2.95. The molecular weight excluding hydrogens is 360 g/mol. The summed E-state index contributed by atoms with van der Waals surface area (Å²) < 4.78 is 0.926. The minimum Gasteiger partial charge on any atom is -0.481 e. The van der Waals surface area contributed by atoms with Crippen LogP contribution < -0.4 is 5.32 Å². The van der Waals surface area contributed by atoms with Crippen molar-refractivity contribution in [2.45, 2.75) is 38.6 Å². The van der Waals surface area contributed by atoms with E-state index in [1.165, 1.54) is 0 Å². The van der Waals surface area contributed by atoms with Crippen LogP contribution in [0.5, 0.6) is 0 Å². The Morgan fingerprint density at radius 3 is 2.96 bits per heavy atom. The van der Waals surface area contributed by atoms with E-state index < -0.39 is 5.97 Å². The van der Waals surface area contributed by atoms with Gasteiger partial charge in [-0.05, 0) is 56.8 Å². The van der Waals surface area contributed by atoms with Crippen LogP contribution >= 0.6 is 15.9 Å². The van der Waals surface area contributed by atoms with E-state index in [-0.39, 0.29) is 18.4 Å². The van der Waals surface area contributed by atoms with Crippen molar-refractivity contribution in [2.24, 2.45) is 5.92 Å². The van der Waals surface area contributed by atoms with Crippen molar-refractivity contribution >= 4 is 33.5 Å². The van der Waals surface area contributed by atoms with Crippen LogP contribution in [-0.4, -0.2) is 41.0 Å². The van der Waals surface area contributed by atoms with Crippen LogP contribution in [0.1, 0.15) is 32.6 Å². The van der Waals surface area contributed by atoms with Crippen LogP contribution in [0.15, 0.2) is 28.7 Å². The number of aliphatic carboxylic acids is 1. The smallest absolute Gasteiger partial charge is 0.303 e. The van der Waals surface area contributed by atoms with Gasteiger partial charge >= 0.3 is 5.97 Å². The molecule has 1 aromatic rings. The van der Waals surface area contributed by atoms with Gasteiger partial charge in [-0.1, -0.05) is 22.0 Å². The average Bonchev–Trinajstić information content (AvgIpc) is 2.52. The predicted molar refractivity (Wildman–Crippen MR) is 93.4 cm³/mol. The van der Waals surface area contributed by atoms with Crippen molar-refractivity contribution in [2.75, 3.05) is 18.4 Å². The molecule has 2 N–H and O–H groups in total. The van der Waals surface area contributed by atoms with Gasteiger partial charge in [-0.3, -0.25) is 14.5 Å². The van der Waals surface area contributed by atoms with E-state index in [1.54, 1.807) is 0 Å². The Bertz CT molecular complexity index is 565. The molecule has 0 aromatic heterocycles. The van der Waals surface area contributed by atoms with Crippen molar-refractivity contribution < 1.29 is 14.7 Å². The fourth-order valence-corrected chi connectivity index (χ4v) is 3.39. The van der Waals surface area contributed by atoms with Gasteiger partial charge in [0.15, 0.2) is 0 Å². The van der Waals surface area contributed by atoms with Crippen LogP contribution in [0.4, 0.5) is 5.69 Å². The van der Waals surface area contributed by atoms with Gasteiger partial charge in [0.25, 0.3) is 0 Å². The molecule has 2 atom stereocenters. The zero-order valence-electron chi connectivity index (χ0n) is 13.3. The highest BCUT2D eigenvalue weighted by Crippen LogP contribution is 2.23. The first-order chi connectivity index (χ1) is 11.0. The minimum absolute atomic E-state index is 0.0259. The number of nitrogens with zero attached hydrogens (tertiary/aromatic N) is 1. The van der Waals surface area contributed by atoms with Crippen LogP contribution in [0.3, 0.4) is 0 Å². The molecule has 0 aliphatic carbocycles. The summed E-state index contributed by atoms with van der Waals surface area (Å²) in [7, 11) is 0. The van der Waals surface area contributed by atoms with Gasteiger partial charge in [0.05, 0.1) is 6.04 Å². The SMILES string of the molecule is CC(C(=O)Nc1cccc(Br)c1)N1CCCC(CCC(=O)O)C1. The lowest BCUT2D eigenvalue weighted by Crippen LogP contribution is -2.47. The number of carbonyl (C=O) groups is 2. The number of hydrogen-bond donors (Lipinski definition) is 2. The molecule has 6 heteroatoms. The molecule has 1 aromatic carbocycles. The number of carboxylic acids is 1. The fourth-order valence-electron chi connectivity index (χ4n) is 2.99. The quantitative estimate of drug-likeness (QED) is 0.791. The third-order valence-corrected chi connectivity index (χ3v) is 4.83. The Morgan fingerprint density at radius 2 is 2.26 bits per heavy atom. The van der Waals surface area contributed by atoms with Gasteiger partial charge in [-0.25, -0.2) is 0 Å². The summed E-state index contributed by atoms with van der Waals surface area (Å²) in [5.74, 6) is -0.412. The van der Waals surface area contributed by atoms with Crippen molar-refractivity contribution in [1.29, 1.82) is 0 Å². The number of likely N-dealkylation sites (tertiary alicyclic amines) is 1. The summed E-state index contributed by atoms with van der Waals surface area (Å²) in [5, 5.41) is 11.8. The number of anilines is 1. The van der Waals surface area contributed by atoms with Gasteiger partial charge in [-0.15, -0.1) is 0 Å². The van der Waals surface area contributed by atoms with E-state index in [0.717, 1.165) is 36.1 Å². The predicted octanol–water partition coefficient (Wildman–Crippen LogP) is 3.35. The highest BCUT2D eigenvalue weighted by molar-refractivity contribution is 9.10. The maximum atomic E-state index is 12.4. The maximum absolute atomic E-state index is 12.4.